The molecule has 0 unspecified atom stereocenters. The van der Waals surface area contributed by atoms with Gasteiger partial charge in [0.05, 0.1) is 12.2 Å². The highest BCUT2D eigenvalue weighted by Crippen LogP contribution is 2.42. The van der Waals surface area contributed by atoms with Crippen LogP contribution in [0.1, 0.15) is 16.7 Å². The van der Waals surface area contributed by atoms with E-state index in [1.165, 1.54) is 12.1 Å². The number of allylic oxidation sites excluding steroid dienone is 1. The predicted molar refractivity (Wildman–Crippen MR) is 124 cm³/mol. The van der Waals surface area contributed by atoms with Crippen LogP contribution in [-0.2, 0) is 0 Å². The molecule has 0 atom stereocenters. The van der Waals surface area contributed by atoms with Crippen LogP contribution in [0.2, 0.25) is 0 Å². The lowest BCUT2D eigenvalue weighted by molar-refractivity contribution is -0.0685. The molecule has 0 aliphatic heterocycles. The van der Waals surface area contributed by atoms with Gasteiger partial charge in [0, 0.05) is 18.7 Å². The molecule has 3 rings (SSSR count). The predicted octanol–water partition coefficient (Wildman–Crippen LogP) is 5.59. The number of aliphatic hydroxyl groups is 1. The number of ether oxygens (including phenoxy) is 1. The fourth-order valence-corrected chi connectivity index (χ4v) is 3.28. The van der Waals surface area contributed by atoms with E-state index in [0.717, 1.165) is 0 Å². The normalized spacial score (nSPS) is 12.0. The van der Waals surface area contributed by atoms with Gasteiger partial charge in [-0.15, -0.1) is 12.4 Å². The zero-order valence-corrected chi connectivity index (χ0v) is 18.1. The van der Waals surface area contributed by atoms with Crippen LogP contribution in [0, 0.1) is 0 Å². The maximum Gasteiger partial charge on any atom is 0.417 e. The van der Waals surface area contributed by atoms with Crippen LogP contribution in [0.15, 0.2) is 84.9 Å². The minimum absolute atomic E-state index is 0. The molecular weight excluding hydrogens is 439 g/mol. The molecule has 3 aromatic carbocycles. The van der Waals surface area contributed by atoms with Gasteiger partial charge in [-0.05, 0) is 28.8 Å². The van der Waals surface area contributed by atoms with Gasteiger partial charge in [-0.25, -0.2) is 0 Å². The number of hydrogen-bond acceptors (Lipinski definition) is 3. The molecule has 0 aliphatic rings. The van der Waals surface area contributed by atoms with Crippen LogP contribution in [0.4, 0.5) is 13.2 Å². The number of rotatable bonds is 9. The second-order valence-electron chi connectivity index (χ2n) is 6.83. The Balaban J connectivity index is 0.00000363. The summed E-state index contributed by atoms with van der Waals surface area (Å²) in [6.07, 6.45) is -4.54. The van der Waals surface area contributed by atoms with E-state index in [9.17, 15) is 13.2 Å². The highest BCUT2D eigenvalue weighted by atomic mass is 35.5. The molecule has 32 heavy (non-hydrogen) atoms. The molecule has 0 aliphatic carbocycles. The Hall–Kier alpha value is -2.80. The van der Waals surface area contributed by atoms with Crippen LogP contribution in [0.3, 0.4) is 0 Å². The summed E-state index contributed by atoms with van der Waals surface area (Å²) in [5.41, 5.74) is 0.495. The lowest BCUT2D eigenvalue weighted by Gasteiger charge is -2.20. The minimum Gasteiger partial charge on any atom is -0.492 e. The molecule has 0 radical (unpaired) electrons. The zero-order valence-electron chi connectivity index (χ0n) is 17.3. The molecule has 0 saturated heterocycles. The Morgan fingerprint density at radius 1 is 0.750 bits per heavy atom. The average Bonchev–Trinajstić information content (AvgIpc) is 2.78. The first-order valence-electron chi connectivity index (χ1n) is 9.98. The Labute approximate surface area is 192 Å². The number of nitrogens with one attached hydrogen (secondary N) is 1. The Bertz CT molecular complexity index is 976. The summed E-state index contributed by atoms with van der Waals surface area (Å²) in [6.45, 7) is 1.47. The van der Waals surface area contributed by atoms with E-state index in [1.54, 1.807) is 72.8 Å². The van der Waals surface area contributed by atoms with Crippen LogP contribution in [0.5, 0.6) is 5.75 Å². The Morgan fingerprint density at radius 3 is 1.81 bits per heavy atom. The number of halogens is 4. The van der Waals surface area contributed by atoms with Gasteiger partial charge in [-0.2, -0.15) is 13.2 Å². The molecule has 0 aromatic heterocycles. The van der Waals surface area contributed by atoms with Gasteiger partial charge >= 0.3 is 6.18 Å². The molecule has 170 valence electrons. The van der Waals surface area contributed by atoms with Gasteiger partial charge in [-0.3, -0.25) is 0 Å². The third-order valence-corrected chi connectivity index (χ3v) is 4.64. The molecule has 3 nitrogen and oxygen atoms in total. The van der Waals surface area contributed by atoms with E-state index in [-0.39, 0.29) is 30.2 Å². The second-order valence-corrected chi connectivity index (χ2v) is 6.83. The van der Waals surface area contributed by atoms with Crippen molar-refractivity contribution in [2.75, 3.05) is 26.3 Å². The molecule has 0 heterocycles. The van der Waals surface area contributed by atoms with Gasteiger partial charge in [0.2, 0.25) is 0 Å². The van der Waals surface area contributed by atoms with Crippen LogP contribution < -0.4 is 10.1 Å². The maximum atomic E-state index is 14.3. The lowest BCUT2D eigenvalue weighted by atomic mass is 9.89. The summed E-state index contributed by atoms with van der Waals surface area (Å²) in [5, 5.41) is 11.8. The first kappa shape index (κ1) is 25.5. The average molecular weight is 464 g/mol. The largest absolute Gasteiger partial charge is 0.492 e. The third kappa shape index (κ3) is 6.85. The van der Waals surface area contributed by atoms with E-state index in [2.05, 4.69) is 5.32 Å². The van der Waals surface area contributed by atoms with E-state index in [0.29, 0.717) is 36.6 Å². The summed E-state index contributed by atoms with van der Waals surface area (Å²) in [5.74, 6) is 0.565. The summed E-state index contributed by atoms with van der Waals surface area (Å²) in [6, 6.07) is 23.1. The molecule has 7 heteroatoms. The molecule has 0 fully saturated rings. The number of alkyl halides is 3. The van der Waals surface area contributed by atoms with Crippen molar-refractivity contribution in [3.05, 3.63) is 102 Å². The van der Waals surface area contributed by atoms with E-state index >= 15 is 0 Å². The highest BCUT2D eigenvalue weighted by Gasteiger charge is 2.38. The van der Waals surface area contributed by atoms with Crippen molar-refractivity contribution in [2.45, 2.75) is 6.18 Å². The van der Waals surface area contributed by atoms with E-state index < -0.39 is 11.7 Å². The van der Waals surface area contributed by atoms with Crippen LogP contribution in [-0.4, -0.2) is 37.6 Å². The molecule has 0 saturated carbocycles. The number of hydrogen-bond donors (Lipinski definition) is 2. The highest BCUT2D eigenvalue weighted by molar-refractivity contribution is 6.00. The fourth-order valence-electron chi connectivity index (χ4n) is 3.28. The molecule has 0 bridgehead atoms. The Morgan fingerprint density at radius 2 is 1.28 bits per heavy atom. The van der Waals surface area contributed by atoms with Gasteiger partial charge in [0.25, 0.3) is 0 Å². The first-order valence-corrected chi connectivity index (χ1v) is 9.98. The molecule has 3 aromatic rings. The van der Waals surface area contributed by atoms with Crippen LogP contribution in [0.25, 0.3) is 11.1 Å². The smallest absolute Gasteiger partial charge is 0.417 e. The number of aliphatic hydroxyl groups excluding tert-OH is 1. The monoisotopic (exact) mass is 463 g/mol. The summed E-state index contributed by atoms with van der Waals surface area (Å²) < 4.78 is 48.4. The van der Waals surface area contributed by atoms with Crippen molar-refractivity contribution in [2.24, 2.45) is 0 Å². The quantitative estimate of drug-likeness (QED) is 0.321. The first-order chi connectivity index (χ1) is 15.0. The van der Waals surface area contributed by atoms with Gasteiger partial charge in [0.1, 0.15) is 12.4 Å². The van der Waals surface area contributed by atoms with Crippen LogP contribution >= 0.6 is 12.4 Å². The molecule has 2 N–H and O–H groups in total. The zero-order chi connectivity index (χ0) is 22.1. The standard InChI is InChI=1S/C25H24F3NO2.ClH/c26-25(27,28)24(21-9-5-2-6-10-21)23(19-7-3-1-4-8-19)20-11-13-22(14-12-20)31-18-16-29-15-17-30;/h1-14,29-30H,15-18H2;1H. The lowest BCUT2D eigenvalue weighted by Crippen LogP contribution is -2.23. The third-order valence-electron chi connectivity index (χ3n) is 4.64. The van der Waals surface area contributed by atoms with Crippen molar-refractivity contribution in [1.82, 2.24) is 5.32 Å². The Kier molecular flexibility index (Phi) is 9.78. The van der Waals surface area contributed by atoms with Crippen molar-refractivity contribution in [1.29, 1.82) is 0 Å². The minimum atomic E-state index is -4.54. The molecular formula is C25H25ClF3NO2. The SMILES string of the molecule is Cl.OCCNCCOc1ccc(C(=C(c2ccccc2)C(F)(F)F)c2ccccc2)cc1. The molecule has 0 spiro atoms. The van der Waals surface area contributed by atoms with E-state index in [1.807, 2.05) is 0 Å². The molecule has 0 amide bonds. The van der Waals surface area contributed by atoms with Crippen molar-refractivity contribution in [3.8, 4) is 5.75 Å². The van der Waals surface area contributed by atoms with Crippen molar-refractivity contribution in [3.63, 3.8) is 0 Å². The van der Waals surface area contributed by atoms with Crippen molar-refractivity contribution < 1.29 is 23.0 Å². The summed E-state index contributed by atoms with van der Waals surface area (Å²) in [4.78, 5) is 0. The van der Waals surface area contributed by atoms with Gasteiger partial charge < -0.3 is 15.2 Å². The maximum absolute atomic E-state index is 14.3. The second kappa shape index (κ2) is 12.3. The van der Waals surface area contributed by atoms with Gasteiger partial charge in [0.15, 0.2) is 0 Å². The van der Waals surface area contributed by atoms with Crippen molar-refractivity contribution >= 4 is 23.6 Å². The fraction of sp³-hybridized carbons (Fsp3) is 0.200. The summed E-state index contributed by atoms with van der Waals surface area (Å²) in [7, 11) is 0. The van der Waals surface area contributed by atoms with Gasteiger partial charge in [-0.1, -0.05) is 72.8 Å². The topological polar surface area (TPSA) is 41.5 Å². The number of benzene rings is 3. The van der Waals surface area contributed by atoms with E-state index in [4.69, 9.17) is 9.84 Å². The summed E-state index contributed by atoms with van der Waals surface area (Å²) >= 11 is 0.